The maximum Gasteiger partial charge on any atom is 0.317 e. The number of hydrogen-bond donors (Lipinski definition) is 1. The van der Waals surface area contributed by atoms with Gasteiger partial charge in [-0.2, -0.15) is 0 Å². The second-order valence-corrected chi connectivity index (χ2v) is 5.73. The number of urea groups is 1. The molecule has 0 fully saturated rings. The van der Waals surface area contributed by atoms with Crippen molar-refractivity contribution in [3.8, 4) is 5.75 Å². The van der Waals surface area contributed by atoms with Crippen LogP contribution in [0.4, 0.5) is 4.79 Å². The standard InChI is InChI=1S/C19H25N3O2/c1-16-7-3-4-9-18(16)24-14-6-13-22(2)19(23)21-12-10-17-8-5-11-20-15-17/h3-5,7-9,11,15H,6,10,12-14H2,1-2H3,(H,21,23). The summed E-state index contributed by atoms with van der Waals surface area (Å²) in [6, 6.07) is 11.8. The number of para-hydroxylation sites is 1. The third kappa shape index (κ3) is 5.91. The highest BCUT2D eigenvalue weighted by molar-refractivity contribution is 5.73. The molecule has 0 aliphatic rings. The number of aryl methyl sites for hydroxylation is 1. The Bertz CT molecular complexity index is 632. The summed E-state index contributed by atoms with van der Waals surface area (Å²) in [5, 5.41) is 2.92. The lowest BCUT2D eigenvalue weighted by Gasteiger charge is -2.18. The number of ether oxygens (including phenoxy) is 1. The fourth-order valence-electron chi connectivity index (χ4n) is 2.30. The molecule has 0 bridgehead atoms. The van der Waals surface area contributed by atoms with E-state index in [1.807, 2.05) is 49.5 Å². The predicted octanol–water partition coefficient (Wildman–Crippen LogP) is 3.04. The Kier molecular flexibility index (Phi) is 7.08. The lowest BCUT2D eigenvalue weighted by atomic mass is 10.2. The average Bonchev–Trinajstić information content (AvgIpc) is 2.60. The fraction of sp³-hybridized carbons (Fsp3) is 0.368. The van der Waals surface area contributed by atoms with Crippen molar-refractivity contribution in [1.82, 2.24) is 15.2 Å². The van der Waals surface area contributed by atoms with Gasteiger partial charge in [-0.05, 0) is 43.0 Å². The molecule has 0 unspecified atom stereocenters. The molecule has 0 spiro atoms. The van der Waals surface area contributed by atoms with Gasteiger partial charge in [-0.15, -0.1) is 0 Å². The van der Waals surface area contributed by atoms with Crippen LogP contribution in [0, 0.1) is 6.92 Å². The van der Waals surface area contributed by atoms with E-state index in [0.29, 0.717) is 19.7 Å². The Hall–Kier alpha value is -2.56. The largest absolute Gasteiger partial charge is 0.493 e. The van der Waals surface area contributed by atoms with Crippen molar-refractivity contribution in [2.45, 2.75) is 19.8 Å². The van der Waals surface area contributed by atoms with Crippen LogP contribution < -0.4 is 10.1 Å². The quantitative estimate of drug-likeness (QED) is 0.758. The van der Waals surface area contributed by atoms with Crippen LogP contribution in [0.5, 0.6) is 5.75 Å². The maximum absolute atomic E-state index is 12.0. The topological polar surface area (TPSA) is 54.5 Å². The summed E-state index contributed by atoms with van der Waals surface area (Å²) in [4.78, 5) is 17.8. The summed E-state index contributed by atoms with van der Waals surface area (Å²) in [7, 11) is 1.80. The normalized spacial score (nSPS) is 10.2. The fourth-order valence-corrected chi connectivity index (χ4v) is 2.30. The van der Waals surface area contributed by atoms with E-state index in [9.17, 15) is 4.79 Å². The van der Waals surface area contributed by atoms with Gasteiger partial charge in [0.05, 0.1) is 6.61 Å². The number of amides is 2. The number of hydrogen-bond acceptors (Lipinski definition) is 3. The van der Waals surface area contributed by atoms with E-state index in [4.69, 9.17) is 4.74 Å². The number of benzene rings is 1. The SMILES string of the molecule is Cc1ccccc1OCCCN(C)C(=O)NCCc1cccnc1. The lowest BCUT2D eigenvalue weighted by molar-refractivity contribution is 0.203. The van der Waals surface area contributed by atoms with Gasteiger partial charge >= 0.3 is 6.03 Å². The molecule has 5 heteroatoms. The molecule has 0 aliphatic carbocycles. The molecule has 1 aromatic carbocycles. The van der Waals surface area contributed by atoms with Gasteiger partial charge in [-0.1, -0.05) is 24.3 Å². The van der Waals surface area contributed by atoms with E-state index in [1.54, 1.807) is 18.1 Å². The Labute approximate surface area is 143 Å². The number of nitrogens with one attached hydrogen (secondary N) is 1. The first-order valence-electron chi connectivity index (χ1n) is 8.23. The lowest BCUT2D eigenvalue weighted by Crippen LogP contribution is -2.39. The van der Waals surface area contributed by atoms with E-state index in [1.165, 1.54) is 0 Å². The Balaban J connectivity index is 1.60. The van der Waals surface area contributed by atoms with Gasteiger partial charge in [0, 0.05) is 32.5 Å². The van der Waals surface area contributed by atoms with Crippen molar-refractivity contribution in [1.29, 1.82) is 0 Å². The zero-order valence-electron chi connectivity index (χ0n) is 14.4. The Morgan fingerprint density at radius 2 is 2.08 bits per heavy atom. The molecule has 2 amide bonds. The molecule has 0 saturated heterocycles. The highest BCUT2D eigenvalue weighted by atomic mass is 16.5. The molecule has 128 valence electrons. The smallest absolute Gasteiger partial charge is 0.317 e. The summed E-state index contributed by atoms with van der Waals surface area (Å²) in [6.07, 6.45) is 5.14. The number of rotatable bonds is 8. The summed E-state index contributed by atoms with van der Waals surface area (Å²) in [6.45, 7) is 3.88. The highest BCUT2D eigenvalue weighted by Crippen LogP contribution is 2.16. The Morgan fingerprint density at radius 3 is 2.83 bits per heavy atom. The van der Waals surface area contributed by atoms with Crippen molar-refractivity contribution in [2.75, 3.05) is 26.7 Å². The zero-order chi connectivity index (χ0) is 17.2. The Morgan fingerprint density at radius 1 is 1.25 bits per heavy atom. The van der Waals surface area contributed by atoms with Crippen LogP contribution in [0.15, 0.2) is 48.8 Å². The molecular formula is C19H25N3O2. The van der Waals surface area contributed by atoms with Gasteiger partial charge in [-0.25, -0.2) is 4.79 Å². The van der Waals surface area contributed by atoms with Crippen LogP contribution in [0.2, 0.25) is 0 Å². The third-order valence-electron chi connectivity index (χ3n) is 3.75. The van der Waals surface area contributed by atoms with Gasteiger partial charge in [0.2, 0.25) is 0 Å². The number of pyridine rings is 1. The predicted molar refractivity (Wildman–Crippen MR) is 95.3 cm³/mol. The molecule has 2 aromatic rings. The zero-order valence-corrected chi connectivity index (χ0v) is 14.4. The van der Waals surface area contributed by atoms with Crippen LogP contribution in [-0.4, -0.2) is 42.7 Å². The number of nitrogens with zero attached hydrogens (tertiary/aromatic N) is 2. The molecule has 0 aliphatic heterocycles. The molecule has 0 atom stereocenters. The third-order valence-corrected chi connectivity index (χ3v) is 3.75. The van der Waals surface area contributed by atoms with Gasteiger partial charge in [0.1, 0.15) is 5.75 Å². The highest BCUT2D eigenvalue weighted by Gasteiger charge is 2.07. The van der Waals surface area contributed by atoms with E-state index in [2.05, 4.69) is 10.3 Å². The minimum Gasteiger partial charge on any atom is -0.493 e. The van der Waals surface area contributed by atoms with Crippen molar-refractivity contribution in [2.24, 2.45) is 0 Å². The molecule has 2 rings (SSSR count). The second kappa shape index (κ2) is 9.55. The summed E-state index contributed by atoms with van der Waals surface area (Å²) >= 11 is 0. The van der Waals surface area contributed by atoms with Crippen LogP contribution >= 0.6 is 0 Å². The first kappa shape index (κ1) is 17.8. The van der Waals surface area contributed by atoms with E-state index < -0.39 is 0 Å². The van der Waals surface area contributed by atoms with E-state index in [0.717, 1.165) is 29.7 Å². The first-order chi connectivity index (χ1) is 11.7. The molecule has 1 N–H and O–H groups in total. The van der Waals surface area contributed by atoms with Gasteiger partial charge in [0.15, 0.2) is 0 Å². The monoisotopic (exact) mass is 327 g/mol. The molecule has 5 nitrogen and oxygen atoms in total. The summed E-state index contributed by atoms with van der Waals surface area (Å²) in [5.74, 6) is 0.904. The minimum absolute atomic E-state index is 0.0604. The van der Waals surface area contributed by atoms with Crippen LogP contribution in [0.25, 0.3) is 0 Å². The van der Waals surface area contributed by atoms with Gasteiger partial charge in [-0.3, -0.25) is 4.98 Å². The average molecular weight is 327 g/mol. The number of carbonyl (C=O) groups is 1. The number of carbonyl (C=O) groups excluding carboxylic acids is 1. The summed E-state index contributed by atoms with van der Waals surface area (Å²) in [5.41, 5.74) is 2.24. The van der Waals surface area contributed by atoms with Gasteiger partial charge < -0.3 is 15.0 Å². The van der Waals surface area contributed by atoms with Crippen molar-refractivity contribution in [3.05, 3.63) is 59.9 Å². The summed E-state index contributed by atoms with van der Waals surface area (Å²) < 4.78 is 5.74. The van der Waals surface area contributed by atoms with E-state index in [-0.39, 0.29) is 6.03 Å². The molecule has 0 saturated carbocycles. The van der Waals surface area contributed by atoms with Gasteiger partial charge in [0.25, 0.3) is 0 Å². The van der Waals surface area contributed by atoms with Crippen molar-refractivity contribution < 1.29 is 9.53 Å². The molecule has 24 heavy (non-hydrogen) atoms. The molecular weight excluding hydrogens is 302 g/mol. The second-order valence-electron chi connectivity index (χ2n) is 5.73. The van der Waals surface area contributed by atoms with Crippen LogP contribution in [0.1, 0.15) is 17.5 Å². The van der Waals surface area contributed by atoms with Crippen LogP contribution in [0.3, 0.4) is 0 Å². The maximum atomic E-state index is 12.0. The minimum atomic E-state index is -0.0604. The van der Waals surface area contributed by atoms with E-state index >= 15 is 0 Å². The molecule has 1 aromatic heterocycles. The molecule has 0 radical (unpaired) electrons. The first-order valence-corrected chi connectivity index (χ1v) is 8.23. The van der Waals surface area contributed by atoms with Crippen molar-refractivity contribution >= 4 is 6.03 Å². The number of aromatic nitrogens is 1. The van der Waals surface area contributed by atoms with Crippen LogP contribution in [-0.2, 0) is 6.42 Å². The molecule has 1 heterocycles. The van der Waals surface area contributed by atoms with Crippen molar-refractivity contribution in [3.63, 3.8) is 0 Å².